The average molecular weight is 368 g/mol. The van der Waals surface area contributed by atoms with Crippen molar-refractivity contribution in [1.82, 2.24) is 18.7 Å². The summed E-state index contributed by atoms with van der Waals surface area (Å²) in [4.78, 5) is 4.65. The number of hydrogen-bond acceptors (Lipinski definition) is 5. The van der Waals surface area contributed by atoms with Crippen molar-refractivity contribution < 1.29 is 9.47 Å². The zero-order valence-corrected chi connectivity index (χ0v) is 15.4. The van der Waals surface area contributed by atoms with Crippen LogP contribution in [0.5, 0.6) is 0 Å². The Bertz CT molecular complexity index is 1010. The molecule has 0 saturated carbocycles. The van der Waals surface area contributed by atoms with Crippen LogP contribution in [-0.2, 0) is 16.5 Å². The van der Waals surface area contributed by atoms with Crippen molar-refractivity contribution in [2.45, 2.75) is 25.0 Å². The van der Waals surface area contributed by atoms with Crippen LogP contribution in [0.25, 0.3) is 27.7 Å². The Hall–Kier alpha value is -2.09. The van der Waals surface area contributed by atoms with E-state index in [4.69, 9.17) is 9.47 Å². The number of aromatic nitrogens is 4. The molecule has 1 aliphatic heterocycles. The molecule has 0 atom stereocenters. The van der Waals surface area contributed by atoms with Crippen molar-refractivity contribution in [3.05, 3.63) is 42.5 Å². The second-order valence-electron chi connectivity index (χ2n) is 6.93. The van der Waals surface area contributed by atoms with Crippen LogP contribution in [0.4, 0.5) is 0 Å². The molecule has 6 nitrogen and oxygen atoms in total. The monoisotopic (exact) mass is 368 g/mol. The van der Waals surface area contributed by atoms with Crippen molar-refractivity contribution in [2.24, 2.45) is 7.05 Å². The maximum Gasteiger partial charge on any atom is 0.172 e. The molecule has 0 bridgehead atoms. The van der Waals surface area contributed by atoms with E-state index in [1.54, 1.807) is 8.65 Å². The van der Waals surface area contributed by atoms with Crippen molar-refractivity contribution >= 4 is 29.4 Å². The molecule has 7 heteroatoms. The highest BCUT2D eigenvalue weighted by atomic mass is 32.1. The summed E-state index contributed by atoms with van der Waals surface area (Å²) in [5, 5.41) is 5.37. The molecule has 1 saturated heterocycles. The van der Waals surface area contributed by atoms with Gasteiger partial charge in [0.2, 0.25) is 0 Å². The fourth-order valence-corrected chi connectivity index (χ4v) is 4.16. The molecule has 3 aromatic heterocycles. The van der Waals surface area contributed by atoms with E-state index in [-0.39, 0.29) is 0 Å². The van der Waals surface area contributed by atoms with E-state index in [2.05, 4.69) is 35.0 Å². The van der Waals surface area contributed by atoms with E-state index in [1.165, 1.54) is 5.57 Å². The molecule has 5 rings (SSSR count). The maximum absolute atomic E-state index is 5.81. The minimum absolute atomic E-state index is 0.393. The highest BCUT2D eigenvalue weighted by Gasteiger charge is 2.37. The van der Waals surface area contributed by atoms with Crippen molar-refractivity contribution in [1.29, 1.82) is 0 Å². The summed E-state index contributed by atoms with van der Waals surface area (Å²) in [5.74, 6) is -0.393. The Labute approximate surface area is 157 Å². The molecule has 26 heavy (non-hydrogen) atoms. The highest BCUT2D eigenvalue weighted by Crippen LogP contribution is 2.39. The lowest BCUT2D eigenvalue weighted by molar-refractivity contribution is -0.159. The van der Waals surface area contributed by atoms with Crippen LogP contribution in [0.2, 0.25) is 0 Å². The molecule has 4 heterocycles. The summed E-state index contributed by atoms with van der Waals surface area (Å²) in [5.41, 5.74) is 5.45. The van der Waals surface area contributed by atoms with Gasteiger partial charge in [0.1, 0.15) is 5.65 Å². The zero-order chi connectivity index (χ0) is 17.7. The van der Waals surface area contributed by atoms with E-state index in [1.807, 2.05) is 31.8 Å². The van der Waals surface area contributed by atoms with Crippen LogP contribution in [0.15, 0.2) is 36.9 Å². The first-order valence-corrected chi connectivity index (χ1v) is 9.20. The van der Waals surface area contributed by atoms with Gasteiger partial charge < -0.3 is 9.47 Å². The number of thiol groups is 1. The van der Waals surface area contributed by atoms with Crippen molar-refractivity contribution in [3.8, 4) is 11.1 Å². The first kappa shape index (κ1) is 16.1. The summed E-state index contributed by atoms with van der Waals surface area (Å²) in [7, 11) is 1.92. The summed E-state index contributed by atoms with van der Waals surface area (Å²) in [6.07, 6.45) is 12.6. The molecule has 1 fully saturated rings. The van der Waals surface area contributed by atoms with Gasteiger partial charge in [-0.2, -0.15) is 5.10 Å². The van der Waals surface area contributed by atoms with Gasteiger partial charge in [-0.25, -0.2) is 4.98 Å². The second kappa shape index (κ2) is 5.97. The predicted octanol–water partition coefficient (Wildman–Crippen LogP) is 3.44. The number of pyridine rings is 1. The van der Waals surface area contributed by atoms with E-state index < -0.39 is 5.79 Å². The van der Waals surface area contributed by atoms with Gasteiger partial charge in [0.25, 0.3) is 0 Å². The topological polar surface area (TPSA) is 54.1 Å². The Morgan fingerprint density at radius 2 is 2.00 bits per heavy atom. The number of nitrogens with zero attached hydrogens (tertiary/aromatic N) is 4. The smallest absolute Gasteiger partial charge is 0.172 e. The number of aryl methyl sites for hydroxylation is 1. The molecule has 134 valence electrons. The van der Waals surface area contributed by atoms with Crippen LogP contribution >= 0.6 is 12.8 Å². The molecule has 2 aliphatic rings. The molecular weight excluding hydrogens is 348 g/mol. The summed E-state index contributed by atoms with van der Waals surface area (Å²) in [6, 6.07) is 2.21. The van der Waals surface area contributed by atoms with Gasteiger partial charge in [-0.05, 0) is 23.6 Å². The van der Waals surface area contributed by atoms with Crippen molar-refractivity contribution in [2.75, 3.05) is 13.2 Å². The molecule has 1 aliphatic carbocycles. The molecule has 1 spiro atoms. The van der Waals surface area contributed by atoms with E-state index in [9.17, 15) is 0 Å². The number of rotatable bonds is 2. The third-order valence-corrected chi connectivity index (χ3v) is 5.57. The molecule has 3 aromatic rings. The van der Waals surface area contributed by atoms with Gasteiger partial charge in [-0.1, -0.05) is 18.9 Å². The quantitative estimate of drug-likeness (QED) is 0.704. The predicted molar refractivity (Wildman–Crippen MR) is 103 cm³/mol. The minimum Gasteiger partial charge on any atom is -0.347 e. The average Bonchev–Trinajstić information content (AvgIpc) is 3.36. The van der Waals surface area contributed by atoms with E-state index in [0.717, 1.165) is 47.0 Å². The zero-order valence-electron chi connectivity index (χ0n) is 14.6. The van der Waals surface area contributed by atoms with Crippen LogP contribution in [-0.4, -0.2) is 37.7 Å². The molecule has 0 unspecified atom stereocenters. The first-order chi connectivity index (χ1) is 12.6. The largest absolute Gasteiger partial charge is 0.347 e. The first-order valence-electron chi connectivity index (χ1n) is 8.80. The Balaban J connectivity index is 1.54. The standard InChI is InChI=1S/C19H20N4O2S/c1-22-11-15(10-21-22)17-12-23(26)18-16(17)8-14(9-20-18)13-2-4-19(5-3-13)24-6-7-25-19/h2,8-12,26H,3-7H2,1H3. The normalized spacial score (nSPS) is 19.4. The summed E-state index contributed by atoms with van der Waals surface area (Å²) < 4.78 is 15.2. The lowest BCUT2D eigenvalue weighted by Crippen LogP contribution is -2.31. The maximum atomic E-state index is 5.81. The number of fused-ring (bicyclic) bond motifs is 1. The van der Waals surface area contributed by atoms with Crippen LogP contribution < -0.4 is 0 Å². The molecular formula is C19H20N4O2S. The fourth-order valence-electron chi connectivity index (χ4n) is 3.89. The summed E-state index contributed by atoms with van der Waals surface area (Å²) in [6.45, 7) is 1.39. The third kappa shape index (κ3) is 2.58. The van der Waals surface area contributed by atoms with Gasteiger partial charge in [-0.3, -0.25) is 8.65 Å². The Morgan fingerprint density at radius 1 is 1.15 bits per heavy atom. The summed E-state index contributed by atoms with van der Waals surface area (Å²) >= 11 is 4.52. The molecule has 0 N–H and O–H groups in total. The van der Waals surface area contributed by atoms with Crippen molar-refractivity contribution in [3.63, 3.8) is 0 Å². The van der Waals surface area contributed by atoms with Gasteiger partial charge >= 0.3 is 0 Å². The van der Waals surface area contributed by atoms with Gasteiger partial charge in [0, 0.05) is 55.0 Å². The SMILES string of the molecule is Cn1cc(-c2cn(S)c3ncc(C4=CCC5(CC4)OCCO5)cc23)cn1. The number of ether oxygens (including phenoxy) is 2. The lowest BCUT2D eigenvalue weighted by Gasteiger charge is -2.30. The molecule has 0 aromatic carbocycles. The lowest BCUT2D eigenvalue weighted by atomic mass is 9.90. The van der Waals surface area contributed by atoms with Crippen LogP contribution in [0.3, 0.4) is 0 Å². The minimum atomic E-state index is -0.393. The van der Waals surface area contributed by atoms with Gasteiger partial charge in [0.15, 0.2) is 5.79 Å². The fraction of sp³-hybridized carbons (Fsp3) is 0.368. The van der Waals surface area contributed by atoms with Gasteiger partial charge in [0.05, 0.1) is 19.4 Å². The Kier molecular flexibility index (Phi) is 3.70. The highest BCUT2D eigenvalue weighted by molar-refractivity contribution is 7.78. The van der Waals surface area contributed by atoms with E-state index >= 15 is 0 Å². The number of allylic oxidation sites excluding steroid dienone is 1. The van der Waals surface area contributed by atoms with E-state index in [0.29, 0.717) is 13.2 Å². The van der Waals surface area contributed by atoms with Crippen LogP contribution in [0.1, 0.15) is 24.8 Å². The Morgan fingerprint density at radius 3 is 2.69 bits per heavy atom. The van der Waals surface area contributed by atoms with Crippen LogP contribution in [0, 0.1) is 0 Å². The molecule has 0 radical (unpaired) electrons. The number of hydrogen-bond donors (Lipinski definition) is 1. The molecule has 0 amide bonds. The van der Waals surface area contributed by atoms with Gasteiger partial charge in [-0.15, -0.1) is 0 Å². The second-order valence-corrected chi connectivity index (χ2v) is 7.36. The third-order valence-electron chi connectivity index (χ3n) is 5.26.